The van der Waals surface area contributed by atoms with Crippen LogP contribution in [-0.2, 0) is 0 Å². The Morgan fingerprint density at radius 2 is 1.81 bits per heavy atom. The van der Waals surface area contributed by atoms with Crippen molar-refractivity contribution in [2.75, 3.05) is 5.75 Å². The van der Waals surface area contributed by atoms with E-state index in [2.05, 4.69) is 27.3 Å². The maximum absolute atomic E-state index is 9.31. The Balaban J connectivity index is 1.94. The molecule has 3 rings (SSSR count). The van der Waals surface area contributed by atoms with Crippen LogP contribution in [0.4, 0.5) is 0 Å². The number of benzene rings is 1. The smallest absolute Gasteiger partial charge is 0.196 e. The molecule has 6 nitrogen and oxygen atoms in total. The summed E-state index contributed by atoms with van der Waals surface area (Å²) in [6, 6.07) is 16.3. The van der Waals surface area contributed by atoms with Crippen molar-refractivity contribution >= 4 is 11.8 Å². The molecular formula is C20H18N6S. The molecule has 0 spiro atoms. The predicted molar refractivity (Wildman–Crippen MR) is 104 cm³/mol. The third-order valence-electron chi connectivity index (χ3n) is 4.06. The van der Waals surface area contributed by atoms with Crippen LogP contribution in [0.3, 0.4) is 0 Å². The van der Waals surface area contributed by atoms with E-state index >= 15 is 0 Å². The number of nitrogens with zero attached hydrogens (tertiary/aromatic N) is 6. The average Bonchev–Trinajstić information content (AvgIpc) is 3.13. The Labute approximate surface area is 162 Å². The van der Waals surface area contributed by atoms with Crippen molar-refractivity contribution in [1.82, 2.24) is 19.7 Å². The molecule has 27 heavy (non-hydrogen) atoms. The summed E-state index contributed by atoms with van der Waals surface area (Å²) in [6.45, 7) is 2.04. The largest absolute Gasteiger partial charge is 0.270 e. The summed E-state index contributed by atoms with van der Waals surface area (Å²) >= 11 is 1.49. The van der Waals surface area contributed by atoms with Crippen LogP contribution in [-0.4, -0.2) is 25.5 Å². The predicted octanol–water partition coefficient (Wildman–Crippen LogP) is 4.17. The molecule has 0 N–H and O–H groups in total. The molecule has 0 aliphatic heterocycles. The van der Waals surface area contributed by atoms with Gasteiger partial charge in [-0.25, -0.2) is 0 Å². The topological polar surface area (TPSA) is 91.2 Å². The standard InChI is InChI=1S/C20H18N6S/c1-15-4-6-18(7-5-15)26-19(17-8-11-23-12-9-17)24-25-20(26)27-14-16(13-22)3-2-10-21/h4-9,11-12,16H,2-3,14H2,1H3. The number of aromatic nitrogens is 4. The van der Waals surface area contributed by atoms with E-state index in [9.17, 15) is 5.26 Å². The molecule has 7 heteroatoms. The monoisotopic (exact) mass is 374 g/mol. The van der Waals surface area contributed by atoms with Crippen molar-refractivity contribution in [2.45, 2.75) is 24.9 Å². The average molecular weight is 374 g/mol. The number of thioether (sulfide) groups is 1. The van der Waals surface area contributed by atoms with Gasteiger partial charge in [0.2, 0.25) is 0 Å². The van der Waals surface area contributed by atoms with Gasteiger partial charge >= 0.3 is 0 Å². The molecule has 0 saturated heterocycles. The minimum Gasteiger partial charge on any atom is -0.270 e. The number of aryl methyl sites for hydroxylation is 1. The van der Waals surface area contributed by atoms with Gasteiger partial charge in [0.05, 0.1) is 18.1 Å². The molecule has 0 amide bonds. The maximum Gasteiger partial charge on any atom is 0.196 e. The molecule has 1 unspecified atom stereocenters. The van der Waals surface area contributed by atoms with E-state index in [1.54, 1.807) is 12.4 Å². The van der Waals surface area contributed by atoms with Gasteiger partial charge in [0.1, 0.15) is 0 Å². The fourth-order valence-electron chi connectivity index (χ4n) is 2.58. The summed E-state index contributed by atoms with van der Waals surface area (Å²) < 4.78 is 2.00. The van der Waals surface area contributed by atoms with Crippen molar-refractivity contribution in [1.29, 1.82) is 10.5 Å². The fourth-order valence-corrected chi connectivity index (χ4v) is 3.59. The number of hydrogen-bond donors (Lipinski definition) is 0. The number of pyridine rings is 1. The normalized spacial score (nSPS) is 11.5. The van der Waals surface area contributed by atoms with Crippen LogP contribution in [0.2, 0.25) is 0 Å². The van der Waals surface area contributed by atoms with Gasteiger partial charge in [-0.1, -0.05) is 29.5 Å². The van der Waals surface area contributed by atoms with Gasteiger partial charge in [0, 0.05) is 35.8 Å². The molecule has 134 valence electrons. The molecule has 2 heterocycles. The summed E-state index contributed by atoms with van der Waals surface area (Å²) in [4.78, 5) is 4.07. The molecule has 0 aliphatic carbocycles. The Kier molecular flexibility index (Phi) is 6.19. The van der Waals surface area contributed by atoms with E-state index in [0.717, 1.165) is 22.2 Å². The lowest BCUT2D eigenvalue weighted by atomic mass is 10.1. The quantitative estimate of drug-likeness (QED) is 0.576. The van der Waals surface area contributed by atoms with Gasteiger partial charge in [0.15, 0.2) is 11.0 Å². The fraction of sp³-hybridized carbons (Fsp3) is 0.250. The molecule has 0 fully saturated rings. The van der Waals surface area contributed by atoms with Crippen molar-refractivity contribution < 1.29 is 0 Å². The van der Waals surface area contributed by atoms with E-state index in [-0.39, 0.29) is 5.92 Å². The van der Waals surface area contributed by atoms with E-state index in [0.29, 0.717) is 18.6 Å². The van der Waals surface area contributed by atoms with E-state index < -0.39 is 0 Å². The first-order valence-corrected chi connectivity index (χ1v) is 9.53. The van der Waals surface area contributed by atoms with Crippen molar-refractivity contribution in [3.63, 3.8) is 0 Å². The highest BCUT2D eigenvalue weighted by molar-refractivity contribution is 7.99. The summed E-state index contributed by atoms with van der Waals surface area (Å²) in [7, 11) is 0. The van der Waals surface area contributed by atoms with Gasteiger partial charge in [-0.3, -0.25) is 9.55 Å². The Bertz CT molecular complexity index is 966. The first-order valence-electron chi connectivity index (χ1n) is 8.55. The second-order valence-electron chi connectivity index (χ2n) is 6.05. The summed E-state index contributed by atoms with van der Waals surface area (Å²) in [5, 5.41) is 27.5. The molecule has 0 radical (unpaired) electrons. The van der Waals surface area contributed by atoms with Crippen LogP contribution in [0.25, 0.3) is 17.1 Å². The maximum atomic E-state index is 9.31. The van der Waals surface area contributed by atoms with Crippen LogP contribution in [0, 0.1) is 35.5 Å². The summed E-state index contributed by atoms with van der Waals surface area (Å²) in [6.07, 6.45) is 4.40. The first kappa shape index (κ1) is 18.6. The lowest BCUT2D eigenvalue weighted by Crippen LogP contribution is -2.04. The molecular weight excluding hydrogens is 356 g/mol. The van der Waals surface area contributed by atoms with E-state index in [4.69, 9.17) is 5.26 Å². The highest BCUT2D eigenvalue weighted by atomic mass is 32.2. The minimum atomic E-state index is -0.192. The first-order chi connectivity index (χ1) is 13.2. The highest BCUT2D eigenvalue weighted by Crippen LogP contribution is 2.29. The van der Waals surface area contributed by atoms with Crippen LogP contribution >= 0.6 is 11.8 Å². The highest BCUT2D eigenvalue weighted by Gasteiger charge is 2.18. The summed E-state index contributed by atoms with van der Waals surface area (Å²) in [5.74, 6) is 1.11. The second kappa shape index (κ2) is 8.98. The van der Waals surface area contributed by atoms with Crippen LogP contribution in [0.15, 0.2) is 53.9 Å². The third kappa shape index (κ3) is 4.52. The van der Waals surface area contributed by atoms with Crippen molar-refractivity contribution in [3.05, 3.63) is 54.4 Å². The summed E-state index contributed by atoms with van der Waals surface area (Å²) in [5.41, 5.74) is 3.06. The van der Waals surface area contributed by atoms with Gasteiger partial charge in [-0.05, 0) is 37.6 Å². The van der Waals surface area contributed by atoms with Gasteiger partial charge in [-0.2, -0.15) is 10.5 Å². The Morgan fingerprint density at radius 3 is 2.48 bits per heavy atom. The molecule has 1 aromatic carbocycles. The molecule has 0 bridgehead atoms. The lowest BCUT2D eigenvalue weighted by Gasteiger charge is -2.11. The van der Waals surface area contributed by atoms with E-state index in [1.807, 2.05) is 47.9 Å². The van der Waals surface area contributed by atoms with Crippen molar-refractivity contribution in [2.24, 2.45) is 5.92 Å². The number of nitriles is 2. The van der Waals surface area contributed by atoms with Gasteiger partial charge < -0.3 is 0 Å². The van der Waals surface area contributed by atoms with Crippen LogP contribution in [0.5, 0.6) is 0 Å². The van der Waals surface area contributed by atoms with Gasteiger partial charge in [0.25, 0.3) is 0 Å². The zero-order chi connectivity index (χ0) is 19.1. The van der Waals surface area contributed by atoms with Crippen LogP contribution < -0.4 is 0 Å². The molecule has 0 aliphatic rings. The Hall–Kier alpha value is -3.16. The zero-order valence-electron chi connectivity index (χ0n) is 14.9. The Morgan fingerprint density at radius 1 is 1.07 bits per heavy atom. The van der Waals surface area contributed by atoms with Gasteiger partial charge in [-0.15, -0.1) is 10.2 Å². The lowest BCUT2D eigenvalue weighted by molar-refractivity contribution is 0.683. The molecule has 3 aromatic rings. The van der Waals surface area contributed by atoms with E-state index in [1.165, 1.54) is 17.3 Å². The number of rotatable bonds is 7. The molecule has 1 atom stereocenters. The van der Waals surface area contributed by atoms with Crippen LogP contribution in [0.1, 0.15) is 18.4 Å². The third-order valence-corrected chi connectivity index (χ3v) is 5.16. The molecule has 2 aromatic heterocycles. The SMILES string of the molecule is Cc1ccc(-n2c(SCC(C#N)CCC#N)nnc2-c2ccncc2)cc1. The minimum absolute atomic E-state index is 0.192. The number of hydrogen-bond acceptors (Lipinski definition) is 6. The molecule has 0 saturated carbocycles. The second-order valence-corrected chi connectivity index (χ2v) is 7.03. The van der Waals surface area contributed by atoms with Crippen molar-refractivity contribution in [3.8, 4) is 29.2 Å². The zero-order valence-corrected chi connectivity index (χ0v) is 15.7.